The summed E-state index contributed by atoms with van der Waals surface area (Å²) in [7, 11) is 0. The minimum Gasteiger partial charge on any atom is -0.356 e. The predicted octanol–water partition coefficient (Wildman–Crippen LogP) is 0.938. The van der Waals surface area contributed by atoms with Crippen molar-refractivity contribution in [1.29, 1.82) is 0 Å². The van der Waals surface area contributed by atoms with Crippen molar-refractivity contribution < 1.29 is 9.32 Å². The van der Waals surface area contributed by atoms with Crippen LogP contribution in [-0.4, -0.2) is 57.1 Å². The molecular formula is C17H22N6O2. The summed E-state index contributed by atoms with van der Waals surface area (Å²) >= 11 is 0. The molecule has 0 N–H and O–H groups in total. The predicted molar refractivity (Wildman–Crippen MR) is 90.2 cm³/mol. The second-order valence-corrected chi connectivity index (χ2v) is 6.61. The van der Waals surface area contributed by atoms with Crippen LogP contribution in [0.2, 0.25) is 0 Å². The van der Waals surface area contributed by atoms with E-state index >= 15 is 0 Å². The smallest absolute Gasteiger partial charge is 0.236 e. The molecule has 1 saturated heterocycles. The van der Waals surface area contributed by atoms with Crippen molar-refractivity contribution in [3.8, 4) is 0 Å². The molecule has 0 aliphatic carbocycles. The van der Waals surface area contributed by atoms with Gasteiger partial charge in [0.05, 0.1) is 5.69 Å². The minimum absolute atomic E-state index is 0.0205. The molecule has 0 atom stereocenters. The van der Waals surface area contributed by atoms with Crippen LogP contribution in [0, 0.1) is 6.92 Å². The number of amides is 1. The second-order valence-electron chi connectivity index (χ2n) is 6.61. The molecule has 0 bridgehead atoms. The normalized spacial score (nSPS) is 17.5. The minimum atomic E-state index is 0.0205. The van der Waals surface area contributed by atoms with E-state index in [0.717, 1.165) is 37.4 Å². The SMILES string of the molecule is Cc1noc(CC(=O)N2CCc3ncnc(N4CCCC4)c3CC2)n1. The lowest BCUT2D eigenvalue weighted by molar-refractivity contribution is -0.130. The average molecular weight is 342 g/mol. The lowest BCUT2D eigenvalue weighted by Crippen LogP contribution is -2.34. The van der Waals surface area contributed by atoms with Crippen LogP contribution < -0.4 is 4.90 Å². The quantitative estimate of drug-likeness (QED) is 0.820. The number of nitrogens with zero attached hydrogens (tertiary/aromatic N) is 6. The molecule has 2 aromatic heterocycles. The Morgan fingerprint density at radius 3 is 2.72 bits per heavy atom. The highest BCUT2D eigenvalue weighted by Crippen LogP contribution is 2.26. The summed E-state index contributed by atoms with van der Waals surface area (Å²) in [4.78, 5) is 29.9. The third-order valence-corrected chi connectivity index (χ3v) is 4.89. The second kappa shape index (κ2) is 6.78. The number of rotatable bonds is 3. The van der Waals surface area contributed by atoms with Crippen LogP contribution in [0.15, 0.2) is 10.9 Å². The Morgan fingerprint density at radius 1 is 1.16 bits per heavy atom. The van der Waals surface area contributed by atoms with Crippen LogP contribution in [0.5, 0.6) is 0 Å². The van der Waals surface area contributed by atoms with Gasteiger partial charge in [-0.15, -0.1) is 0 Å². The van der Waals surface area contributed by atoms with E-state index < -0.39 is 0 Å². The average Bonchev–Trinajstić information content (AvgIpc) is 3.22. The van der Waals surface area contributed by atoms with Crippen molar-refractivity contribution in [2.75, 3.05) is 31.1 Å². The van der Waals surface area contributed by atoms with Crippen molar-refractivity contribution in [2.24, 2.45) is 0 Å². The standard InChI is InChI=1S/C17H22N6O2/c1-12-20-15(25-21-12)10-16(24)22-8-4-13-14(5-9-22)18-11-19-17(13)23-6-2-3-7-23/h11H,2-10H2,1H3. The van der Waals surface area contributed by atoms with Gasteiger partial charge in [-0.1, -0.05) is 5.16 Å². The number of hydrogen-bond donors (Lipinski definition) is 0. The number of hydrogen-bond acceptors (Lipinski definition) is 7. The van der Waals surface area contributed by atoms with Crippen LogP contribution in [0.25, 0.3) is 0 Å². The first kappa shape index (κ1) is 16.0. The number of fused-ring (bicyclic) bond motifs is 1. The number of anilines is 1. The zero-order valence-electron chi connectivity index (χ0n) is 14.4. The van der Waals surface area contributed by atoms with Gasteiger partial charge in [-0.2, -0.15) is 4.98 Å². The fourth-order valence-electron chi connectivity index (χ4n) is 3.61. The van der Waals surface area contributed by atoms with Gasteiger partial charge in [-0.3, -0.25) is 4.79 Å². The first-order valence-corrected chi connectivity index (χ1v) is 8.85. The molecule has 0 saturated carbocycles. The van der Waals surface area contributed by atoms with Gasteiger partial charge in [0.2, 0.25) is 11.8 Å². The highest BCUT2D eigenvalue weighted by molar-refractivity contribution is 5.78. The van der Waals surface area contributed by atoms with E-state index in [9.17, 15) is 4.79 Å². The topological polar surface area (TPSA) is 88.2 Å². The Bertz CT molecular complexity index is 768. The van der Waals surface area contributed by atoms with Crippen LogP contribution in [0.1, 0.15) is 35.8 Å². The summed E-state index contributed by atoms with van der Waals surface area (Å²) in [5.74, 6) is 2.01. The Balaban J connectivity index is 1.48. The molecule has 4 rings (SSSR count). The van der Waals surface area contributed by atoms with Crippen molar-refractivity contribution >= 4 is 11.7 Å². The van der Waals surface area contributed by atoms with Crippen molar-refractivity contribution in [2.45, 2.75) is 39.0 Å². The molecule has 2 aromatic rings. The zero-order chi connectivity index (χ0) is 17.2. The van der Waals surface area contributed by atoms with E-state index in [0.29, 0.717) is 24.8 Å². The molecule has 0 unspecified atom stereocenters. The van der Waals surface area contributed by atoms with Crippen LogP contribution in [0.4, 0.5) is 5.82 Å². The molecule has 2 aliphatic rings. The van der Waals surface area contributed by atoms with Crippen molar-refractivity contribution in [3.63, 3.8) is 0 Å². The maximum Gasteiger partial charge on any atom is 0.236 e. The third-order valence-electron chi connectivity index (χ3n) is 4.89. The maximum absolute atomic E-state index is 12.6. The van der Waals surface area contributed by atoms with Crippen LogP contribution in [0.3, 0.4) is 0 Å². The summed E-state index contributed by atoms with van der Waals surface area (Å²) in [6.07, 6.45) is 5.79. The Morgan fingerprint density at radius 2 is 1.96 bits per heavy atom. The summed E-state index contributed by atoms with van der Waals surface area (Å²) in [6.45, 7) is 5.20. The van der Waals surface area contributed by atoms with Gasteiger partial charge in [0.15, 0.2) is 5.82 Å². The van der Waals surface area contributed by atoms with Crippen molar-refractivity contribution in [1.82, 2.24) is 25.0 Å². The summed E-state index contributed by atoms with van der Waals surface area (Å²) in [6, 6.07) is 0. The van der Waals surface area contributed by atoms with Gasteiger partial charge in [0.25, 0.3) is 0 Å². The molecule has 1 fully saturated rings. The molecular weight excluding hydrogens is 320 g/mol. The highest BCUT2D eigenvalue weighted by atomic mass is 16.5. The molecule has 8 heteroatoms. The first-order chi connectivity index (χ1) is 12.2. The molecule has 2 aliphatic heterocycles. The van der Waals surface area contributed by atoms with Gasteiger partial charge in [-0.25, -0.2) is 9.97 Å². The fourth-order valence-corrected chi connectivity index (χ4v) is 3.61. The van der Waals surface area contributed by atoms with E-state index in [2.05, 4.69) is 25.0 Å². The number of carbonyl (C=O) groups excluding carboxylic acids is 1. The molecule has 1 amide bonds. The lowest BCUT2D eigenvalue weighted by atomic mass is 10.1. The van der Waals surface area contributed by atoms with E-state index in [1.165, 1.54) is 18.4 Å². The molecule has 25 heavy (non-hydrogen) atoms. The molecule has 132 valence electrons. The van der Waals surface area contributed by atoms with E-state index in [-0.39, 0.29) is 12.3 Å². The molecule has 0 aromatic carbocycles. The molecule has 4 heterocycles. The van der Waals surface area contributed by atoms with E-state index in [4.69, 9.17) is 4.52 Å². The van der Waals surface area contributed by atoms with Gasteiger partial charge in [-0.05, 0) is 26.2 Å². The zero-order valence-corrected chi connectivity index (χ0v) is 14.4. The van der Waals surface area contributed by atoms with Gasteiger partial charge >= 0.3 is 0 Å². The maximum atomic E-state index is 12.6. The van der Waals surface area contributed by atoms with Gasteiger partial charge < -0.3 is 14.3 Å². The number of carbonyl (C=O) groups is 1. The number of aromatic nitrogens is 4. The highest BCUT2D eigenvalue weighted by Gasteiger charge is 2.25. The Labute approximate surface area is 146 Å². The summed E-state index contributed by atoms with van der Waals surface area (Å²) in [5.41, 5.74) is 2.27. The fraction of sp³-hybridized carbons (Fsp3) is 0.588. The molecule has 0 radical (unpaired) electrons. The van der Waals surface area contributed by atoms with Crippen LogP contribution >= 0.6 is 0 Å². The Kier molecular flexibility index (Phi) is 4.33. The molecule has 8 nitrogen and oxygen atoms in total. The monoisotopic (exact) mass is 342 g/mol. The lowest BCUT2D eigenvalue weighted by Gasteiger charge is -2.21. The largest absolute Gasteiger partial charge is 0.356 e. The Hall–Kier alpha value is -2.51. The molecule has 0 spiro atoms. The third kappa shape index (κ3) is 3.33. The van der Waals surface area contributed by atoms with E-state index in [1.807, 2.05) is 4.90 Å². The summed E-state index contributed by atoms with van der Waals surface area (Å²) in [5, 5.41) is 3.74. The van der Waals surface area contributed by atoms with E-state index in [1.54, 1.807) is 13.3 Å². The number of aryl methyl sites for hydroxylation is 1. The first-order valence-electron chi connectivity index (χ1n) is 8.85. The summed E-state index contributed by atoms with van der Waals surface area (Å²) < 4.78 is 5.07. The van der Waals surface area contributed by atoms with Gasteiger partial charge in [0, 0.05) is 38.2 Å². The van der Waals surface area contributed by atoms with Crippen LogP contribution in [-0.2, 0) is 24.1 Å². The van der Waals surface area contributed by atoms with Crippen molar-refractivity contribution in [3.05, 3.63) is 29.3 Å². The van der Waals surface area contributed by atoms with Gasteiger partial charge in [0.1, 0.15) is 18.6 Å².